The lowest BCUT2D eigenvalue weighted by Gasteiger charge is -2.08. The summed E-state index contributed by atoms with van der Waals surface area (Å²) in [4.78, 5) is 0. The average Bonchev–Trinajstić information content (AvgIpc) is 2.18. The van der Waals surface area contributed by atoms with Gasteiger partial charge in [0.25, 0.3) is 0 Å². The number of benzene rings is 1. The maximum Gasteiger partial charge on any atom is 0.121 e. The fourth-order valence-electron chi connectivity index (χ4n) is 1.27. The Bertz CT molecular complexity index is 345. The summed E-state index contributed by atoms with van der Waals surface area (Å²) in [5.74, 6) is 0.781. The Kier molecular flexibility index (Phi) is 3.78. The van der Waals surface area contributed by atoms with Gasteiger partial charge in [0.15, 0.2) is 0 Å². The van der Waals surface area contributed by atoms with Crippen LogP contribution in [0.4, 0.5) is 0 Å². The number of hydrogen-bond acceptors (Lipinski definition) is 2. The number of methoxy groups -OCH3 is 1. The molecule has 0 aliphatic rings. The Morgan fingerprint density at radius 1 is 1.50 bits per heavy atom. The molecule has 0 atom stereocenters. The Morgan fingerprint density at radius 3 is 2.79 bits per heavy atom. The molecule has 0 saturated carbocycles. The van der Waals surface area contributed by atoms with E-state index in [-0.39, 0.29) is 6.61 Å². The van der Waals surface area contributed by atoms with Crippen molar-refractivity contribution in [3.05, 3.63) is 29.3 Å². The molecule has 1 aromatic carbocycles. The first-order valence-electron chi connectivity index (χ1n) is 4.40. The van der Waals surface area contributed by atoms with E-state index in [4.69, 9.17) is 17.7 Å². The molecule has 0 aromatic heterocycles. The van der Waals surface area contributed by atoms with Gasteiger partial charge in [-0.2, -0.15) is 0 Å². The van der Waals surface area contributed by atoms with Crippen molar-refractivity contribution in [1.29, 1.82) is 0 Å². The molecule has 0 amide bonds. The Balaban J connectivity index is 3.08. The number of hydrogen-bond donors (Lipinski definition) is 1. The molecule has 1 N–H and O–H groups in total. The zero-order valence-electron chi connectivity index (χ0n) is 8.45. The first-order valence-corrected chi connectivity index (χ1v) is 4.40. The molecule has 1 rings (SSSR count). The predicted octanol–water partition coefficient (Wildman–Crippen LogP) is 0.803. The molecule has 0 aliphatic heterocycles. The smallest absolute Gasteiger partial charge is 0.121 e. The molecule has 14 heavy (non-hydrogen) atoms. The van der Waals surface area contributed by atoms with Crippen molar-refractivity contribution in [2.24, 2.45) is 0 Å². The molecule has 2 nitrogen and oxygen atoms in total. The van der Waals surface area contributed by atoms with Gasteiger partial charge in [0.2, 0.25) is 0 Å². The highest BCUT2D eigenvalue weighted by atomic mass is 16.5. The van der Waals surface area contributed by atoms with Crippen LogP contribution in [0.3, 0.4) is 0 Å². The first-order chi connectivity index (χ1) is 6.69. The normalized spacial score (nSPS) is 10.8. The summed E-state index contributed by atoms with van der Waals surface area (Å²) in [7, 11) is 7.41. The Hall–Kier alpha value is -1.22. The van der Waals surface area contributed by atoms with Crippen LogP contribution in [0.25, 0.3) is 6.08 Å². The van der Waals surface area contributed by atoms with Crippen molar-refractivity contribution in [1.82, 2.24) is 0 Å². The second kappa shape index (κ2) is 4.87. The predicted molar refractivity (Wildman–Crippen MR) is 59.2 cm³/mol. The van der Waals surface area contributed by atoms with Crippen LogP contribution in [0.2, 0.25) is 0 Å². The molecule has 0 unspecified atom stereocenters. The van der Waals surface area contributed by atoms with Crippen LogP contribution in [0.1, 0.15) is 11.1 Å². The molecule has 0 heterocycles. The van der Waals surface area contributed by atoms with Crippen molar-refractivity contribution < 1.29 is 9.84 Å². The third kappa shape index (κ3) is 2.39. The van der Waals surface area contributed by atoms with Gasteiger partial charge in [-0.05, 0) is 30.2 Å². The summed E-state index contributed by atoms with van der Waals surface area (Å²) in [6.45, 7) is 1.97. The van der Waals surface area contributed by atoms with Crippen molar-refractivity contribution >= 4 is 19.4 Å². The maximum atomic E-state index is 8.64. The zero-order valence-corrected chi connectivity index (χ0v) is 8.45. The van der Waals surface area contributed by atoms with E-state index in [1.54, 1.807) is 25.3 Å². The molecular formula is C11H13BO2. The molecule has 1 aromatic rings. The maximum absolute atomic E-state index is 8.64. The van der Waals surface area contributed by atoms with E-state index in [1.165, 1.54) is 0 Å². The molecule has 0 aliphatic carbocycles. The van der Waals surface area contributed by atoms with E-state index in [2.05, 4.69) is 0 Å². The van der Waals surface area contributed by atoms with E-state index in [9.17, 15) is 0 Å². The van der Waals surface area contributed by atoms with E-state index in [0.717, 1.165) is 16.9 Å². The SMILES string of the molecule is [B]c1cc(OC)c(C)cc1/C=C/CO. The van der Waals surface area contributed by atoms with Crippen molar-refractivity contribution in [2.75, 3.05) is 13.7 Å². The Labute approximate surface area is 85.6 Å². The minimum absolute atomic E-state index is 0.0184. The van der Waals surface area contributed by atoms with Gasteiger partial charge in [0, 0.05) is 0 Å². The molecule has 0 bridgehead atoms. The molecule has 2 radical (unpaired) electrons. The van der Waals surface area contributed by atoms with Crippen LogP contribution in [-0.4, -0.2) is 26.7 Å². The van der Waals surface area contributed by atoms with Gasteiger partial charge in [0.1, 0.15) is 13.6 Å². The van der Waals surface area contributed by atoms with Crippen LogP contribution < -0.4 is 10.2 Å². The second-order valence-corrected chi connectivity index (χ2v) is 3.04. The average molecular weight is 188 g/mol. The van der Waals surface area contributed by atoms with Gasteiger partial charge in [-0.1, -0.05) is 17.6 Å². The first kappa shape index (κ1) is 10.9. The van der Waals surface area contributed by atoms with Crippen molar-refractivity contribution in [3.8, 4) is 5.75 Å². The summed E-state index contributed by atoms with van der Waals surface area (Å²) < 4.78 is 5.13. The van der Waals surface area contributed by atoms with Crippen LogP contribution >= 0.6 is 0 Å². The molecule has 3 heteroatoms. The summed E-state index contributed by atoms with van der Waals surface area (Å²) in [6, 6.07) is 3.71. The highest BCUT2D eigenvalue weighted by Crippen LogP contribution is 2.17. The monoisotopic (exact) mass is 188 g/mol. The summed E-state index contributed by atoms with van der Waals surface area (Å²) in [6.07, 6.45) is 3.44. The van der Waals surface area contributed by atoms with Gasteiger partial charge in [0.05, 0.1) is 13.7 Å². The lowest BCUT2D eigenvalue weighted by atomic mass is 9.88. The third-order valence-corrected chi connectivity index (χ3v) is 2.00. The fourth-order valence-corrected chi connectivity index (χ4v) is 1.27. The highest BCUT2D eigenvalue weighted by molar-refractivity contribution is 6.34. The highest BCUT2D eigenvalue weighted by Gasteiger charge is 2.01. The third-order valence-electron chi connectivity index (χ3n) is 2.00. The van der Waals surface area contributed by atoms with E-state index >= 15 is 0 Å². The van der Waals surface area contributed by atoms with Gasteiger partial charge in [-0.3, -0.25) is 0 Å². The fraction of sp³-hybridized carbons (Fsp3) is 0.273. The second-order valence-electron chi connectivity index (χ2n) is 3.04. The largest absolute Gasteiger partial charge is 0.497 e. The van der Waals surface area contributed by atoms with Crippen molar-refractivity contribution in [2.45, 2.75) is 6.92 Å². The van der Waals surface area contributed by atoms with Crippen LogP contribution in [0.15, 0.2) is 18.2 Å². The molecule has 0 saturated heterocycles. The summed E-state index contributed by atoms with van der Waals surface area (Å²) in [5.41, 5.74) is 2.58. The van der Waals surface area contributed by atoms with Gasteiger partial charge in [-0.15, -0.1) is 0 Å². The van der Waals surface area contributed by atoms with Crippen LogP contribution in [0.5, 0.6) is 5.75 Å². The number of aryl methyl sites for hydroxylation is 1. The quantitative estimate of drug-likeness (QED) is 0.711. The molecular weight excluding hydrogens is 175 g/mol. The van der Waals surface area contributed by atoms with E-state index in [1.807, 2.05) is 13.0 Å². The minimum atomic E-state index is 0.0184. The van der Waals surface area contributed by atoms with E-state index in [0.29, 0.717) is 5.46 Å². The molecule has 72 valence electrons. The van der Waals surface area contributed by atoms with Gasteiger partial charge in [-0.25, -0.2) is 0 Å². The van der Waals surface area contributed by atoms with Gasteiger partial charge >= 0.3 is 0 Å². The topological polar surface area (TPSA) is 29.5 Å². The standard InChI is InChI=1S/C11H13BO2/c1-8-6-9(4-3-5-13)10(12)7-11(8)14-2/h3-4,6-7,13H,5H2,1-2H3/b4-3+. The minimum Gasteiger partial charge on any atom is -0.497 e. The summed E-state index contributed by atoms with van der Waals surface area (Å²) in [5, 5.41) is 8.64. The number of aliphatic hydroxyl groups excluding tert-OH is 1. The lowest BCUT2D eigenvalue weighted by Crippen LogP contribution is -2.08. The zero-order chi connectivity index (χ0) is 10.6. The molecule has 0 spiro atoms. The molecule has 0 fully saturated rings. The van der Waals surface area contributed by atoms with Crippen LogP contribution in [-0.2, 0) is 0 Å². The van der Waals surface area contributed by atoms with Crippen LogP contribution in [0, 0.1) is 6.92 Å². The number of rotatable bonds is 3. The lowest BCUT2D eigenvalue weighted by molar-refractivity contribution is 0.343. The van der Waals surface area contributed by atoms with Crippen molar-refractivity contribution in [3.63, 3.8) is 0 Å². The number of ether oxygens (including phenoxy) is 1. The Morgan fingerprint density at radius 2 is 2.21 bits per heavy atom. The van der Waals surface area contributed by atoms with E-state index < -0.39 is 0 Å². The van der Waals surface area contributed by atoms with Gasteiger partial charge < -0.3 is 9.84 Å². The summed E-state index contributed by atoms with van der Waals surface area (Å²) >= 11 is 0. The number of aliphatic hydroxyl groups is 1.